The molecule has 0 heterocycles. The second-order valence-electron chi connectivity index (χ2n) is 6.62. The fourth-order valence-electron chi connectivity index (χ4n) is 2.72. The topological polar surface area (TPSA) is 89.0 Å². The smallest absolute Gasteiger partial charge is 0.287 e. The van der Waals surface area contributed by atoms with Crippen LogP contribution in [0.15, 0.2) is 89.7 Å². The maximum Gasteiger partial charge on any atom is 0.287 e. The van der Waals surface area contributed by atoms with E-state index in [4.69, 9.17) is 9.47 Å². The van der Waals surface area contributed by atoms with E-state index in [-0.39, 0.29) is 5.70 Å². The van der Waals surface area contributed by atoms with Crippen molar-refractivity contribution >= 4 is 24.1 Å². The van der Waals surface area contributed by atoms with Crippen LogP contribution in [-0.2, 0) is 4.79 Å². The van der Waals surface area contributed by atoms with Gasteiger partial charge in [-0.25, -0.2) is 5.43 Å². The molecule has 7 heteroatoms. The summed E-state index contributed by atoms with van der Waals surface area (Å²) in [5.41, 5.74) is 4.43. The van der Waals surface area contributed by atoms with Gasteiger partial charge in [-0.3, -0.25) is 9.59 Å². The van der Waals surface area contributed by atoms with E-state index in [1.165, 1.54) is 6.21 Å². The Balaban J connectivity index is 1.78. The number of benzene rings is 3. The number of rotatable bonds is 8. The number of amides is 2. The minimum absolute atomic E-state index is 0.0518. The van der Waals surface area contributed by atoms with Crippen molar-refractivity contribution in [1.29, 1.82) is 0 Å². The molecule has 32 heavy (non-hydrogen) atoms. The van der Waals surface area contributed by atoms with Crippen LogP contribution >= 0.6 is 0 Å². The Morgan fingerprint density at radius 3 is 1.91 bits per heavy atom. The highest BCUT2D eigenvalue weighted by atomic mass is 16.5. The van der Waals surface area contributed by atoms with Gasteiger partial charge >= 0.3 is 0 Å². The first-order valence-corrected chi connectivity index (χ1v) is 9.78. The fraction of sp³-hybridized carbons (Fsp3) is 0.0800. The van der Waals surface area contributed by atoms with Crippen molar-refractivity contribution in [3.8, 4) is 11.5 Å². The van der Waals surface area contributed by atoms with Crippen molar-refractivity contribution in [2.24, 2.45) is 5.10 Å². The molecule has 0 radical (unpaired) electrons. The van der Waals surface area contributed by atoms with E-state index in [1.807, 2.05) is 6.07 Å². The molecule has 0 aromatic heterocycles. The average Bonchev–Trinajstić information content (AvgIpc) is 2.85. The second-order valence-corrected chi connectivity index (χ2v) is 6.62. The molecule has 0 fully saturated rings. The number of nitrogens with zero attached hydrogens (tertiary/aromatic N) is 1. The van der Waals surface area contributed by atoms with Crippen molar-refractivity contribution < 1.29 is 19.1 Å². The van der Waals surface area contributed by atoms with Gasteiger partial charge in [0.25, 0.3) is 11.8 Å². The first-order chi connectivity index (χ1) is 15.6. The van der Waals surface area contributed by atoms with E-state index in [0.29, 0.717) is 16.9 Å². The highest BCUT2D eigenvalue weighted by molar-refractivity contribution is 6.05. The van der Waals surface area contributed by atoms with Gasteiger partial charge in [0.1, 0.15) is 17.2 Å². The molecule has 0 aliphatic carbocycles. The number of hydrogen-bond acceptors (Lipinski definition) is 5. The molecule has 2 N–H and O–H groups in total. The van der Waals surface area contributed by atoms with Gasteiger partial charge in [-0.15, -0.1) is 0 Å². The molecule has 0 bridgehead atoms. The van der Waals surface area contributed by atoms with Crippen LogP contribution in [-0.4, -0.2) is 32.2 Å². The predicted molar refractivity (Wildman–Crippen MR) is 124 cm³/mol. The Labute approximate surface area is 186 Å². The minimum atomic E-state index is -0.560. The first kappa shape index (κ1) is 22.3. The lowest BCUT2D eigenvalue weighted by atomic mass is 10.1. The molecule has 0 unspecified atom stereocenters. The van der Waals surface area contributed by atoms with Crippen LogP contribution in [0.5, 0.6) is 11.5 Å². The van der Waals surface area contributed by atoms with E-state index in [0.717, 1.165) is 11.3 Å². The standard InChI is InChI=1S/C25H23N3O4/c1-31-21-12-8-18(9-13-21)16-23(27-24(29)20-6-4-3-5-7-20)25(30)28-26-17-19-10-14-22(32-2)15-11-19/h3-17H,1-2H3,(H,27,29)(H,28,30). The maximum atomic E-state index is 12.8. The largest absolute Gasteiger partial charge is 0.497 e. The summed E-state index contributed by atoms with van der Waals surface area (Å²) in [6.45, 7) is 0. The molecule has 0 aliphatic rings. The van der Waals surface area contributed by atoms with E-state index < -0.39 is 11.8 Å². The second kappa shape index (κ2) is 11.1. The Morgan fingerprint density at radius 1 is 0.781 bits per heavy atom. The van der Waals surface area contributed by atoms with Crippen LogP contribution in [0.1, 0.15) is 21.5 Å². The van der Waals surface area contributed by atoms with E-state index >= 15 is 0 Å². The molecular formula is C25H23N3O4. The number of hydrazone groups is 1. The maximum absolute atomic E-state index is 12.8. The van der Waals surface area contributed by atoms with Crippen molar-refractivity contribution in [3.63, 3.8) is 0 Å². The molecule has 3 aromatic rings. The number of nitrogens with one attached hydrogen (secondary N) is 2. The summed E-state index contributed by atoms with van der Waals surface area (Å²) in [6, 6.07) is 22.9. The van der Waals surface area contributed by atoms with Crippen LogP contribution in [0, 0.1) is 0 Å². The highest BCUT2D eigenvalue weighted by Gasteiger charge is 2.14. The summed E-state index contributed by atoms with van der Waals surface area (Å²) >= 11 is 0. The third-order valence-electron chi connectivity index (χ3n) is 4.45. The summed E-state index contributed by atoms with van der Waals surface area (Å²) in [5, 5.41) is 6.65. The fourth-order valence-corrected chi connectivity index (χ4v) is 2.72. The first-order valence-electron chi connectivity index (χ1n) is 9.78. The van der Waals surface area contributed by atoms with Crippen LogP contribution in [0.2, 0.25) is 0 Å². The molecule has 2 amide bonds. The van der Waals surface area contributed by atoms with Crippen molar-refractivity contribution in [2.45, 2.75) is 0 Å². The summed E-state index contributed by atoms with van der Waals surface area (Å²) < 4.78 is 10.3. The number of ether oxygens (including phenoxy) is 2. The molecule has 3 rings (SSSR count). The molecule has 0 saturated carbocycles. The summed E-state index contributed by atoms with van der Waals surface area (Å²) in [7, 11) is 3.16. The lowest BCUT2D eigenvalue weighted by Gasteiger charge is -2.09. The number of methoxy groups -OCH3 is 2. The summed E-state index contributed by atoms with van der Waals surface area (Å²) in [6.07, 6.45) is 3.07. The predicted octanol–water partition coefficient (Wildman–Crippen LogP) is 3.63. The van der Waals surface area contributed by atoms with Gasteiger partial charge in [0.2, 0.25) is 0 Å². The number of hydrogen-bond donors (Lipinski definition) is 2. The van der Waals surface area contributed by atoms with Crippen molar-refractivity contribution in [2.75, 3.05) is 14.2 Å². The zero-order valence-corrected chi connectivity index (χ0v) is 17.7. The Morgan fingerprint density at radius 2 is 1.34 bits per heavy atom. The van der Waals surface area contributed by atoms with Crippen molar-refractivity contribution in [3.05, 3.63) is 101 Å². The monoisotopic (exact) mass is 429 g/mol. The Hall–Kier alpha value is -4.39. The van der Waals surface area contributed by atoms with Crippen LogP contribution < -0.4 is 20.2 Å². The van der Waals surface area contributed by atoms with Gasteiger partial charge in [0, 0.05) is 5.56 Å². The third kappa shape index (κ3) is 6.30. The molecule has 162 valence electrons. The SMILES string of the molecule is COc1ccc(C=NNC(=O)C(=Cc2ccc(OC)cc2)NC(=O)c2ccccc2)cc1. The lowest BCUT2D eigenvalue weighted by molar-refractivity contribution is -0.117. The Bertz CT molecular complexity index is 1110. The van der Waals surface area contributed by atoms with Gasteiger partial charge in [-0.2, -0.15) is 5.10 Å². The van der Waals surface area contributed by atoms with E-state index in [1.54, 1.807) is 93.1 Å². The number of carbonyl (C=O) groups is 2. The molecule has 7 nitrogen and oxygen atoms in total. The highest BCUT2D eigenvalue weighted by Crippen LogP contribution is 2.14. The van der Waals surface area contributed by atoms with E-state index in [9.17, 15) is 9.59 Å². The van der Waals surface area contributed by atoms with Gasteiger partial charge in [0.05, 0.1) is 20.4 Å². The molecule has 3 aromatic carbocycles. The molecule has 0 spiro atoms. The van der Waals surface area contributed by atoms with Crippen LogP contribution in [0.25, 0.3) is 6.08 Å². The average molecular weight is 429 g/mol. The normalized spacial score (nSPS) is 11.1. The Kier molecular flexibility index (Phi) is 7.75. The molecule has 0 saturated heterocycles. The zero-order valence-electron chi connectivity index (χ0n) is 17.7. The zero-order chi connectivity index (χ0) is 22.8. The summed E-state index contributed by atoms with van der Waals surface area (Å²) in [4.78, 5) is 25.4. The van der Waals surface area contributed by atoms with Gasteiger partial charge in [-0.05, 0) is 65.7 Å². The lowest BCUT2D eigenvalue weighted by Crippen LogP contribution is -2.32. The molecule has 0 atom stereocenters. The quantitative estimate of drug-likeness (QED) is 0.325. The number of carbonyl (C=O) groups excluding carboxylic acids is 2. The van der Waals surface area contributed by atoms with Gasteiger partial charge in [0.15, 0.2) is 0 Å². The van der Waals surface area contributed by atoms with Gasteiger partial charge in [-0.1, -0.05) is 30.3 Å². The van der Waals surface area contributed by atoms with E-state index in [2.05, 4.69) is 15.8 Å². The third-order valence-corrected chi connectivity index (χ3v) is 4.45. The van der Waals surface area contributed by atoms with Crippen LogP contribution in [0.3, 0.4) is 0 Å². The molecular weight excluding hydrogens is 406 g/mol. The van der Waals surface area contributed by atoms with Crippen molar-refractivity contribution in [1.82, 2.24) is 10.7 Å². The summed E-state index contributed by atoms with van der Waals surface area (Å²) in [5.74, 6) is 0.444. The molecule has 0 aliphatic heterocycles. The van der Waals surface area contributed by atoms with Crippen LogP contribution in [0.4, 0.5) is 0 Å². The van der Waals surface area contributed by atoms with Gasteiger partial charge < -0.3 is 14.8 Å². The minimum Gasteiger partial charge on any atom is -0.497 e.